The van der Waals surface area contributed by atoms with Gasteiger partial charge in [-0.25, -0.2) is 19.7 Å². The Balaban J connectivity index is 1.32. The number of carboxylic acids is 1. The van der Waals surface area contributed by atoms with Gasteiger partial charge < -0.3 is 30.1 Å². The molecule has 4 rings (SSSR count). The zero-order chi connectivity index (χ0) is 28.3. The van der Waals surface area contributed by atoms with Gasteiger partial charge in [-0.1, -0.05) is 12.1 Å². The van der Waals surface area contributed by atoms with Crippen molar-refractivity contribution in [1.29, 1.82) is 0 Å². The molecule has 2 aromatic heterocycles. The Hall–Kier alpha value is -3.50. The Morgan fingerprint density at radius 2 is 2.02 bits per heavy atom. The van der Waals surface area contributed by atoms with Crippen molar-refractivity contribution in [1.82, 2.24) is 19.9 Å². The summed E-state index contributed by atoms with van der Waals surface area (Å²) in [6.45, 7) is 7.87. The lowest BCUT2D eigenvalue weighted by atomic mass is 10.0. The predicted molar refractivity (Wildman–Crippen MR) is 157 cm³/mol. The molecule has 1 aliphatic heterocycles. The maximum absolute atomic E-state index is 12.1. The topological polar surface area (TPSA) is 122 Å². The molecule has 40 heavy (non-hydrogen) atoms. The quantitative estimate of drug-likeness (QED) is 0.221. The normalized spacial score (nSPS) is 13.7. The maximum Gasteiger partial charge on any atom is 0.326 e. The number of aliphatic carboxylic acids is 1. The highest BCUT2D eigenvalue weighted by atomic mass is 16.5. The number of benzene rings is 1. The summed E-state index contributed by atoms with van der Waals surface area (Å²) < 4.78 is 11.4. The minimum atomic E-state index is -0.902. The lowest BCUT2D eigenvalue weighted by Gasteiger charge is -2.25. The smallest absolute Gasteiger partial charge is 0.326 e. The molecule has 10 nitrogen and oxygen atoms in total. The number of hydrogen-bond donors (Lipinski definition) is 3. The van der Waals surface area contributed by atoms with Crippen molar-refractivity contribution in [3.8, 4) is 5.75 Å². The number of methoxy groups -OCH3 is 1. The number of rotatable bonds is 16. The van der Waals surface area contributed by atoms with Crippen LogP contribution in [0, 0.1) is 0 Å². The molecule has 3 heterocycles. The molecular formula is C30H42N6O4. The van der Waals surface area contributed by atoms with Gasteiger partial charge in [0.2, 0.25) is 0 Å². The van der Waals surface area contributed by atoms with Crippen LogP contribution in [0.5, 0.6) is 5.75 Å². The van der Waals surface area contributed by atoms with Crippen LogP contribution in [0.1, 0.15) is 50.8 Å². The van der Waals surface area contributed by atoms with Gasteiger partial charge >= 0.3 is 5.97 Å². The van der Waals surface area contributed by atoms with E-state index in [4.69, 9.17) is 14.5 Å². The van der Waals surface area contributed by atoms with E-state index in [0.29, 0.717) is 25.4 Å². The number of carbonyl (C=O) groups is 1. The SMILES string of the molecule is COCCN(CCCCc1cc(OC(C)C)c2c(n1)NCCC2)CC[C@H](Nc1ncnc2ccccc12)C(=O)O. The summed E-state index contributed by atoms with van der Waals surface area (Å²) in [5, 5.41) is 17.3. The van der Waals surface area contributed by atoms with Gasteiger partial charge in [0, 0.05) is 49.5 Å². The number of fused-ring (bicyclic) bond motifs is 2. The number of aromatic nitrogens is 3. The van der Waals surface area contributed by atoms with Gasteiger partial charge in [0.15, 0.2) is 0 Å². The molecule has 0 saturated heterocycles. The Morgan fingerprint density at radius 3 is 2.83 bits per heavy atom. The second-order valence-corrected chi connectivity index (χ2v) is 10.5. The highest BCUT2D eigenvalue weighted by Crippen LogP contribution is 2.31. The zero-order valence-electron chi connectivity index (χ0n) is 23.9. The first kappa shape index (κ1) is 29.5. The lowest BCUT2D eigenvalue weighted by Crippen LogP contribution is -2.37. The van der Waals surface area contributed by atoms with Gasteiger partial charge in [-0.2, -0.15) is 0 Å². The minimum absolute atomic E-state index is 0.118. The highest BCUT2D eigenvalue weighted by Gasteiger charge is 2.21. The average molecular weight is 551 g/mol. The fraction of sp³-hybridized carbons (Fsp3) is 0.533. The Morgan fingerprint density at radius 1 is 1.18 bits per heavy atom. The molecule has 0 amide bonds. The summed E-state index contributed by atoms with van der Waals surface area (Å²) in [5.74, 6) is 1.55. The van der Waals surface area contributed by atoms with Crippen molar-refractivity contribution in [3.63, 3.8) is 0 Å². The lowest BCUT2D eigenvalue weighted by molar-refractivity contribution is -0.138. The van der Waals surface area contributed by atoms with Gasteiger partial charge in [0.05, 0.1) is 18.2 Å². The molecule has 1 atom stereocenters. The molecular weight excluding hydrogens is 508 g/mol. The minimum Gasteiger partial charge on any atom is -0.491 e. The number of unbranched alkanes of at least 4 members (excludes halogenated alkanes) is 1. The van der Waals surface area contributed by atoms with E-state index in [1.165, 1.54) is 11.9 Å². The van der Waals surface area contributed by atoms with Crippen molar-refractivity contribution in [2.45, 2.75) is 64.5 Å². The number of nitrogens with zero attached hydrogens (tertiary/aromatic N) is 4. The van der Waals surface area contributed by atoms with Crippen LogP contribution < -0.4 is 15.4 Å². The number of carboxylic acid groups (broad SMARTS) is 1. The zero-order valence-corrected chi connectivity index (χ0v) is 23.9. The van der Waals surface area contributed by atoms with E-state index < -0.39 is 12.0 Å². The van der Waals surface area contributed by atoms with Gasteiger partial charge in [-0.15, -0.1) is 0 Å². The van der Waals surface area contributed by atoms with Gasteiger partial charge in [0.1, 0.15) is 29.8 Å². The van der Waals surface area contributed by atoms with Crippen LogP contribution in [0.2, 0.25) is 0 Å². The van der Waals surface area contributed by atoms with Crippen LogP contribution in [-0.2, 0) is 22.4 Å². The molecule has 0 bridgehead atoms. The predicted octanol–water partition coefficient (Wildman–Crippen LogP) is 4.40. The molecule has 216 valence electrons. The molecule has 3 aromatic rings. The second kappa shape index (κ2) is 14.8. The number of nitrogens with one attached hydrogen (secondary N) is 2. The van der Waals surface area contributed by atoms with Gasteiger partial charge in [-0.05, 0) is 71.0 Å². The van der Waals surface area contributed by atoms with E-state index >= 15 is 0 Å². The molecule has 0 aliphatic carbocycles. The summed E-state index contributed by atoms with van der Waals surface area (Å²) in [4.78, 5) is 27.8. The van der Waals surface area contributed by atoms with Crippen LogP contribution in [0.4, 0.5) is 11.6 Å². The largest absolute Gasteiger partial charge is 0.491 e. The van der Waals surface area contributed by atoms with Crippen molar-refractivity contribution in [2.75, 3.05) is 50.5 Å². The third-order valence-electron chi connectivity index (χ3n) is 7.05. The van der Waals surface area contributed by atoms with Crippen molar-refractivity contribution >= 4 is 28.5 Å². The second-order valence-electron chi connectivity index (χ2n) is 10.5. The van der Waals surface area contributed by atoms with Crippen LogP contribution in [-0.4, -0.2) is 83.0 Å². The molecule has 1 aliphatic rings. The first-order valence-electron chi connectivity index (χ1n) is 14.3. The average Bonchev–Trinajstić information content (AvgIpc) is 2.95. The van der Waals surface area contributed by atoms with Crippen LogP contribution in [0.3, 0.4) is 0 Å². The Bertz CT molecular complexity index is 1250. The summed E-state index contributed by atoms with van der Waals surface area (Å²) in [7, 11) is 1.69. The summed E-state index contributed by atoms with van der Waals surface area (Å²) >= 11 is 0. The van der Waals surface area contributed by atoms with Crippen molar-refractivity contribution in [2.24, 2.45) is 0 Å². The standard InChI is InChI=1S/C30H42N6O4/c1-21(2)40-27-19-22(34-29-24(27)11-8-14-31-29)9-6-7-15-36(17-18-39-3)16-13-26(30(37)38)35-28-23-10-4-5-12-25(23)32-20-33-28/h4-5,10,12,19-21,26H,6-9,11,13-18H2,1-3H3,(H,31,34)(H,37,38)(H,32,33,35)/t26-/m0/s1. The highest BCUT2D eigenvalue weighted by molar-refractivity contribution is 5.90. The molecule has 10 heteroatoms. The van der Waals surface area contributed by atoms with Crippen molar-refractivity contribution in [3.05, 3.63) is 47.9 Å². The molecule has 0 radical (unpaired) electrons. The van der Waals surface area contributed by atoms with E-state index in [1.807, 2.05) is 24.3 Å². The number of pyridine rings is 1. The van der Waals surface area contributed by atoms with Crippen LogP contribution in [0.15, 0.2) is 36.7 Å². The number of para-hydroxylation sites is 1. The first-order valence-corrected chi connectivity index (χ1v) is 14.3. The van der Waals surface area contributed by atoms with E-state index in [9.17, 15) is 9.90 Å². The Labute approximate surface area is 236 Å². The van der Waals surface area contributed by atoms with Crippen LogP contribution in [0.25, 0.3) is 10.9 Å². The third-order valence-corrected chi connectivity index (χ3v) is 7.05. The number of aryl methyl sites for hydroxylation is 1. The number of ether oxygens (including phenoxy) is 2. The molecule has 0 unspecified atom stereocenters. The van der Waals surface area contributed by atoms with E-state index in [1.54, 1.807) is 7.11 Å². The molecule has 3 N–H and O–H groups in total. The molecule has 0 fully saturated rings. The van der Waals surface area contributed by atoms with E-state index in [0.717, 1.165) is 79.9 Å². The third kappa shape index (κ3) is 8.25. The van der Waals surface area contributed by atoms with Crippen molar-refractivity contribution < 1.29 is 19.4 Å². The van der Waals surface area contributed by atoms with Crippen LogP contribution >= 0.6 is 0 Å². The summed E-state index contributed by atoms with van der Waals surface area (Å²) in [6, 6.07) is 8.92. The Kier molecular flexibility index (Phi) is 10.9. The fourth-order valence-corrected chi connectivity index (χ4v) is 5.00. The molecule has 1 aromatic carbocycles. The summed E-state index contributed by atoms with van der Waals surface area (Å²) in [5.41, 5.74) is 3.00. The number of anilines is 2. The molecule has 0 spiro atoms. The van der Waals surface area contributed by atoms with E-state index in [-0.39, 0.29) is 6.10 Å². The van der Waals surface area contributed by atoms with E-state index in [2.05, 4.69) is 45.4 Å². The monoisotopic (exact) mass is 550 g/mol. The fourth-order valence-electron chi connectivity index (χ4n) is 5.00. The first-order chi connectivity index (χ1) is 19.4. The van der Waals surface area contributed by atoms with Gasteiger partial charge in [-0.3, -0.25) is 0 Å². The molecule has 0 saturated carbocycles. The van der Waals surface area contributed by atoms with Gasteiger partial charge in [0.25, 0.3) is 0 Å². The maximum atomic E-state index is 12.1. The summed E-state index contributed by atoms with van der Waals surface area (Å²) in [6.07, 6.45) is 6.90. The number of hydrogen-bond acceptors (Lipinski definition) is 9.